The predicted octanol–water partition coefficient (Wildman–Crippen LogP) is 5.04. The highest BCUT2D eigenvalue weighted by atomic mass is 35.5. The lowest BCUT2D eigenvalue weighted by molar-refractivity contribution is 0.126. The fraction of sp³-hybridized carbons (Fsp3) is 0.167. The SMILES string of the molecule is OC(COc1ccc(Cl)cc1)CSc1nnc(Cc2ccccc2)n1-c1ccccc1. The van der Waals surface area contributed by atoms with Gasteiger partial charge in [-0.15, -0.1) is 10.2 Å². The highest BCUT2D eigenvalue weighted by molar-refractivity contribution is 7.99. The molecule has 4 aromatic rings. The Kier molecular flexibility index (Phi) is 7.25. The number of hydrogen-bond acceptors (Lipinski definition) is 5. The van der Waals surface area contributed by atoms with E-state index in [4.69, 9.17) is 16.3 Å². The van der Waals surface area contributed by atoms with Gasteiger partial charge in [-0.1, -0.05) is 71.9 Å². The second-order valence-electron chi connectivity index (χ2n) is 6.96. The summed E-state index contributed by atoms with van der Waals surface area (Å²) < 4.78 is 7.69. The molecule has 1 aromatic heterocycles. The van der Waals surface area contributed by atoms with E-state index < -0.39 is 6.10 Å². The van der Waals surface area contributed by atoms with Crippen molar-refractivity contribution < 1.29 is 9.84 Å². The largest absolute Gasteiger partial charge is 0.491 e. The molecule has 3 aromatic carbocycles. The summed E-state index contributed by atoms with van der Waals surface area (Å²) in [6.45, 7) is 0.185. The quantitative estimate of drug-likeness (QED) is 0.361. The normalized spacial score (nSPS) is 11.9. The van der Waals surface area contributed by atoms with Gasteiger partial charge in [0, 0.05) is 22.9 Å². The molecule has 1 N–H and O–H groups in total. The second-order valence-corrected chi connectivity index (χ2v) is 8.39. The van der Waals surface area contributed by atoms with Crippen LogP contribution in [0.4, 0.5) is 0 Å². The summed E-state index contributed by atoms with van der Waals surface area (Å²) >= 11 is 7.34. The van der Waals surface area contributed by atoms with Gasteiger partial charge in [-0.2, -0.15) is 0 Å². The molecule has 0 aliphatic heterocycles. The molecule has 1 heterocycles. The molecule has 0 radical (unpaired) electrons. The summed E-state index contributed by atoms with van der Waals surface area (Å²) in [5.74, 6) is 1.96. The minimum absolute atomic E-state index is 0.185. The van der Waals surface area contributed by atoms with Crippen LogP contribution in [-0.2, 0) is 6.42 Å². The summed E-state index contributed by atoms with van der Waals surface area (Å²) in [7, 11) is 0. The molecule has 0 bridgehead atoms. The first kappa shape index (κ1) is 21.4. The number of hydrogen-bond donors (Lipinski definition) is 1. The van der Waals surface area contributed by atoms with Crippen LogP contribution in [0, 0.1) is 0 Å². The average molecular weight is 452 g/mol. The number of halogens is 1. The highest BCUT2D eigenvalue weighted by Gasteiger charge is 2.17. The van der Waals surface area contributed by atoms with Crippen molar-refractivity contribution in [3.8, 4) is 11.4 Å². The number of ether oxygens (including phenoxy) is 1. The third-order valence-electron chi connectivity index (χ3n) is 4.58. The van der Waals surface area contributed by atoms with Gasteiger partial charge < -0.3 is 9.84 Å². The molecule has 0 aliphatic carbocycles. The molecule has 1 unspecified atom stereocenters. The first-order valence-electron chi connectivity index (χ1n) is 9.92. The molecular formula is C24H22ClN3O2S. The summed E-state index contributed by atoms with van der Waals surface area (Å²) in [6, 6.07) is 27.3. The average Bonchev–Trinajstić information content (AvgIpc) is 3.21. The van der Waals surface area contributed by atoms with E-state index in [1.54, 1.807) is 24.3 Å². The standard InChI is InChI=1S/C24H22ClN3O2S/c25-19-11-13-22(14-12-19)30-16-21(29)17-31-24-27-26-23(15-18-7-3-1-4-8-18)28(24)20-9-5-2-6-10-20/h1-14,21,29H,15-17H2. The predicted molar refractivity (Wildman–Crippen MR) is 124 cm³/mol. The number of nitrogens with zero attached hydrogens (tertiary/aromatic N) is 3. The van der Waals surface area contributed by atoms with Crippen LogP contribution in [0.25, 0.3) is 5.69 Å². The number of aromatic nitrogens is 3. The van der Waals surface area contributed by atoms with E-state index in [0.29, 0.717) is 22.9 Å². The maximum atomic E-state index is 10.4. The van der Waals surface area contributed by atoms with Crippen LogP contribution in [0.2, 0.25) is 5.02 Å². The molecular weight excluding hydrogens is 430 g/mol. The third kappa shape index (κ3) is 5.88. The Labute approximate surface area is 190 Å². The van der Waals surface area contributed by atoms with Crippen molar-refractivity contribution in [2.24, 2.45) is 0 Å². The van der Waals surface area contributed by atoms with Gasteiger partial charge in [-0.05, 0) is 42.0 Å². The Hall–Kier alpha value is -2.80. The summed E-state index contributed by atoms with van der Waals surface area (Å²) in [6.07, 6.45) is 0.0186. The van der Waals surface area contributed by atoms with Crippen molar-refractivity contribution in [3.05, 3.63) is 101 Å². The van der Waals surface area contributed by atoms with E-state index in [1.807, 2.05) is 53.1 Å². The molecule has 0 aliphatic rings. The van der Waals surface area contributed by atoms with Crippen molar-refractivity contribution in [3.63, 3.8) is 0 Å². The molecule has 7 heteroatoms. The highest BCUT2D eigenvalue weighted by Crippen LogP contribution is 2.24. The molecule has 31 heavy (non-hydrogen) atoms. The van der Waals surface area contributed by atoms with Crippen LogP contribution < -0.4 is 4.74 Å². The number of aliphatic hydroxyl groups excluding tert-OH is 1. The zero-order valence-electron chi connectivity index (χ0n) is 16.8. The van der Waals surface area contributed by atoms with E-state index >= 15 is 0 Å². The van der Waals surface area contributed by atoms with E-state index in [1.165, 1.54) is 17.3 Å². The van der Waals surface area contributed by atoms with Crippen LogP contribution in [0.3, 0.4) is 0 Å². The van der Waals surface area contributed by atoms with Gasteiger partial charge in [0.15, 0.2) is 5.16 Å². The van der Waals surface area contributed by atoms with Crippen molar-refractivity contribution in [1.29, 1.82) is 0 Å². The summed E-state index contributed by atoms with van der Waals surface area (Å²) in [5, 5.41) is 20.6. The van der Waals surface area contributed by atoms with E-state index in [-0.39, 0.29) is 6.61 Å². The zero-order chi connectivity index (χ0) is 21.5. The van der Waals surface area contributed by atoms with Crippen molar-refractivity contribution in [2.45, 2.75) is 17.7 Å². The van der Waals surface area contributed by atoms with Crippen LogP contribution in [-0.4, -0.2) is 38.3 Å². The van der Waals surface area contributed by atoms with Crippen molar-refractivity contribution in [2.75, 3.05) is 12.4 Å². The topological polar surface area (TPSA) is 60.2 Å². The Morgan fingerprint density at radius 2 is 1.58 bits per heavy atom. The van der Waals surface area contributed by atoms with Crippen LogP contribution in [0.1, 0.15) is 11.4 Å². The second kappa shape index (κ2) is 10.5. The number of thioether (sulfide) groups is 1. The number of rotatable bonds is 9. The molecule has 0 fully saturated rings. The number of benzene rings is 3. The van der Waals surface area contributed by atoms with E-state index in [2.05, 4.69) is 22.3 Å². The fourth-order valence-corrected chi connectivity index (χ4v) is 4.07. The minimum atomic E-state index is -0.654. The number of aliphatic hydroxyl groups is 1. The molecule has 0 amide bonds. The lowest BCUT2D eigenvalue weighted by Gasteiger charge is -2.13. The van der Waals surface area contributed by atoms with Crippen LogP contribution in [0.5, 0.6) is 5.75 Å². The van der Waals surface area contributed by atoms with Gasteiger partial charge in [-0.3, -0.25) is 4.57 Å². The van der Waals surface area contributed by atoms with E-state index in [9.17, 15) is 5.11 Å². The Morgan fingerprint density at radius 3 is 2.29 bits per heavy atom. The van der Waals surface area contributed by atoms with Gasteiger partial charge in [0.1, 0.15) is 18.2 Å². The monoisotopic (exact) mass is 451 g/mol. The molecule has 0 saturated carbocycles. The van der Waals surface area contributed by atoms with Gasteiger partial charge in [-0.25, -0.2) is 0 Å². The van der Waals surface area contributed by atoms with Gasteiger partial charge in [0.25, 0.3) is 0 Å². The fourth-order valence-electron chi connectivity index (χ4n) is 3.07. The molecule has 5 nitrogen and oxygen atoms in total. The molecule has 0 saturated heterocycles. The molecule has 1 atom stereocenters. The lowest BCUT2D eigenvalue weighted by atomic mass is 10.1. The zero-order valence-corrected chi connectivity index (χ0v) is 18.3. The van der Waals surface area contributed by atoms with E-state index in [0.717, 1.165) is 16.7 Å². The minimum Gasteiger partial charge on any atom is -0.491 e. The molecule has 158 valence electrons. The Bertz CT molecular complexity index is 1090. The van der Waals surface area contributed by atoms with Gasteiger partial charge >= 0.3 is 0 Å². The van der Waals surface area contributed by atoms with Crippen molar-refractivity contribution in [1.82, 2.24) is 14.8 Å². The van der Waals surface area contributed by atoms with Crippen LogP contribution in [0.15, 0.2) is 90.1 Å². The Morgan fingerprint density at radius 1 is 0.903 bits per heavy atom. The first-order chi connectivity index (χ1) is 15.2. The summed E-state index contributed by atoms with van der Waals surface area (Å²) in [5.41, 5.74) is 2.16. The molecule has 0 spiro atoms. The molecule has 4 rings (SSSR count). The number of para-hydroxylation sites is 1. The van der Waals surface area contributed by atoms with Gasteiger partial charge in [0.2, 0.25) is 0 Å². The maximum absolute atomic E-state index is 10.4. The Balaban J connectivity index is 1.45. The third-order valence-corrected chi connectivity index (χ3v) is 5.91. The smallest absolute Gasteiger partial charge is 0.195 e. The maximum Gasteiger partial charge on any atom is 0.195 e. The summed E-state index contributed by atoms with van der Waals surface area (Å²) in [4.78, 5) is 0. The lowest BCUT2D eigenvalue weighted by Crippen LogP contribution is -2.20. The van der Waals surface area contributed by atoms with Crippen molar-refractivity contribution >= 4 is 23.4 Å². The van der Waals surface area contributed by atoms with Gasteiger partial charge in [0.05, 0.1) is 6.10 Å². The first-order valence-corrected chi connectivity index (χ1v) is 11.3. The van der Waals surface area contributed by atoms with Crippen LogP contribution >= 0.6 is 23.4 Å².